The molecular weight excluding hydrogens is 426 g/mol. The third-order valence-electron chi connectivity index (χ3n) is 6.33. The van der Waals surface area contributed by atoms with Gasteiger partial charge in [0.15, 0.2) is 0 Å². The highest BCUT2D eigenvalue weighted by Gasteiger charge is 2.07. The van der Waals surface area contributed by atoms with E-state index in [1.165, 1.54) is 83.5 Å². The molecule has 1 heterocycles. The first-order chi connectivity index (χ1) is 16.3. The van der Waals surface area contributed by atoms with Gasteiger partial charge in [0.1, 0.15) is 5.76 Å². The molecule has 0 saturated heterocycles. The van der Waals surface area contributed by atoms with Crippen molar-refractivity contribution in [1.82, 2.24) is 0 Å². The fourth-order valence-corrected chi connectivity index (χ4v) is 4.92. The van der Waals surface area contributed by atoms with E-state index in [0.717, 1.165) is 48.0 Å². The van der Waals surface area contributed by atoms with Gasteiger partial charge in [0, 0.05) is 29.2 Å². The Labute approximate surface area is 207 Å². The average Bonchev–Trinajstić information content (AvgIpc) is 3.12. The van der Waals surface area contributed by atoms with Crippen LogP contribution in [0.25, 0.3) is 5.76 Å². The number of unbranched alkanes of at least 4 members (excludes halogenated alkanes) is 14. The van der Waals surface area contributed by atoms with Crippen molar-refractivity contribution in [2.24, 2.45) is 0 Å². The molecule has 0 unspecified atom stereocenters. The summed E-state index contributed by atoms with van der Waals surface area (Å²) in [5.41, 5.74) is 1.95. The number of ether oxygens (including phenoxy) is 1. The maximum Gasteiger partial charge on any atom is 0.224 e. The standard InChI is InChI=1S/C29H47NO2S/c1-2-3-4-5-6-7-8-9-10-11-12-13-14-15-16-17-29(31)30-27-20-18-26(19-21-27)28-22-24-33-25-23-32-28/h18-22H,2-17,23-25H2,1H3,(H,30,31). The predicted molar refractivity (Wildman–Crippen MR) is 146 cm³/mol. The molecule has 1 aromatic carbocycles. The SMILES string of the molecule is CCCCCCCCCCCCCCCCCC(=O)Nc1ccc(C2=CCSCCO2)cc1. The molecule has 0 aromatic heterocycles. The molecule has 1 aliphatic heterocycles. The zero-order valence-electron chi connectivity index (χ0n) is 21.0. The minimum Gasteiger partial charge on any atom is -0.492 e. The summed E-state index contributed by atoms with van der Waals surface area (Å²) in [5.74, 6) is 3.11. The maximum absolute atomic E-state index is 12.2. The number of anilines is 1. The van der Waals surface area contributed by atoms with Crippen LogP contribution in [0.3, 0.4) is 0 Å². The smallest absolute Gasteiger partial charge is 0.224 e. The molecule has 3 nitrogen and oxygen atoms in total. The predicted octanol–water partition coefficient (Wildman–Crippen LogP) is 8.99. The van der Waals surface area contributed by atoms with Gasteiger partial charge in [0.25, 0.3) is 0 Å². The summed E-state index contributed by atoms with van der Waals surface area (Å²) in [7, 11) is 0. The summed E-state index contributed by atoms with van der Waals surface area (Å²) in [5, 5.41) is 3.03. The summed E-state index contributed by atoms with van der Waals surface area (Å²) in [6.45, 7) is 3.04. The van der Waals surface area contributed by atoms with Crippen molar-refractivity contribution in [3.8, 4) is 0 Å². The van der Waals surface area contributed by atoms with E-state index in [2.05, 4.69) is 18.3 Å². The maximum atomic E-state index is 12.2. The van der Waals surface area contributed by atoms with Crippen LogP contribution in [0.5, 0.6) is 0 Å². The topological polar surface area (TPSA) is 38.3 Å². The van der Waals surface area contributed by atoms with Gasteiger partial charge in [-0.15, -0.1) is 0 Å². The van der Waals surface area contributed by atoms with Gasteiger partial charge >= 0.3 is 0 Å². The van der Waals surface area contributed by atoms with Crippen molar-refractivity contribution in [3.05, 3.63) is 35.9 Å². The van der Waals surface area contributed by atoms with Crippen LogP contribution in [0.15, 0.2) is 30.3 Å². The quantitative estimate of drug-likeness (QED) is 0.216. The summed E-state index contributed by atoms with van der Waals surface area (Å²) in [4.78, 5) is 12.2. The van der Waals surface area contributed by atoms with Gasteiger partial charge < -0.3 is 10.1 Å². The van der Waals surface area contributed by atoms with Crippen LogP contribution in [0.1, 0.15) is 115 Å². The first-order valence-electron chi connectivity index (χ1n) is 13.6. The lowest BCUT2D eigenvalue weighted by Gasteiger charge is -2.10. The fourth-order valence-electron chi connectivity index (χ4n) is 4.29. The zero-order chi connectivity index (χ0) is 23.4. The van der Waals surface area contributed by atoms with Crippen molar-refractivity contribution >= 4 is 29.1 Å². The van der Waals surface area contributed by atoms with E-state index < -0.39 is 0 Å². The van der Waals surface area contributed by atoms with Crippen LogP contribution in [0, 0.1) is 0 Å². The van der Waals surface area contributed by atoms with Crippen LogP contribution in [-0.2, 0) is 9.53 Å². The molecule has 0 fully saturated rings. The number of amides is 1. The summed E-state index contributed by atoms with van der Waals surface area (Å²) in [6.07, 6.45) is 22.9. The van der Waals surface area contributed by atoms with Crippen LogP contribution < -0.4 is 5.32 Å². The molecule has 0 saturated carbocycles. The van der Waals surface area contributed by atoms with Gasteiger partial charge in [-0.1, -0.05) is 96.8 Å². The Bertz CT molecular complexity index is 656. The number of carbonyl (C=O) groups excluding carboxylic acids is 1. The molecule has 33 heavy (non-hydrogen) atoms. The second-order valence-corrected chi connectivity index (χ2v) is 10.5. The molecule has 1 aliphatic rings. The zero-order valence-corrected chi connectivity index (χ0v) is 21.9. The molecule has 186 valence electrons. The average molecular weight is 474 g/mol. The number of hydrogen-bond acceptors (Lipinski definition) is 3. The first kappa shape index (κ1) is 27.8. The van der Waals surface area contributed by atoms with Gasteiger partial charge in [-0.25, -0.2) is 0 Å². The molecule has 0 bridgehead atoms. The van der Waals surface area contributed by atoms with Crippen molar-refractivity contribution in [2.45, 2.75) is 110 Å². The van der Waals surface area contributed by atoms with E-state index in [-0.39, 0.29) is 5.91 Å². The van der Waals surface area contributed by atoms with Crippen molar-refractivity contribution in [2.75, 3.05) is 23.4 Å². The fraction of sp³-hybridized carbons (Fsp3) is 0.690. The summed E-state index contributed by atoms with van der Waals surface area (Å²) in [6, 6.07) is 8.01. The van der Waals surface area contributed by atoms with Gasteiger partial charge in [-0.3, -0.25) is 4.79 Å². The number of rotatable bonds is 18. The lowest BCUT2D eigenvalue weighted by atomic mass is 10.0. The van der Waals surface area contributed by atoms with Crippen molar-refractivity contribution in [1.29, 1.82) is 0 Å². The summed E-state index contributed by atoms with van der Waals surface area (Å²) >= 11 is 1.89. The van der Waals surface area contributed by atoms with Crippen LogP contribution in [0.2, 0.25) is 0 Å². The largest absolute Gasteiger partial charge is 0.492 e. The Morgan fingerprint density at radius 3 is 1.94 bits per heavy atom. The number of carbonyl (C=O) groups is 1. The molecule has 0 spiro atoms. The Morgan fingerprint density at radius 1 is 0.818 bits per heavy atom. The molecule has 0 atom stereocenters. The van der Waals surface area contributed by atoms with E-state index in [1.54, 1.807) is 0 Å². The van der Waals surface area contributed by atoms with Gasteiger partial charge in [-0.2, -0.15) is 11.8 Å². The number of thioether (sulfide) groups is 1. The van der Waals surface area contributed by atoms with E-state index in [1.807, 2.05) is 36.0 Å². The van der Waals surface area contributed by atoms with Crippen molar-refractivity contribution < 1.29 is 9.53 Å². The molecule has 0 radical (unpaired) electrons. The summed E-state index contributed by atoms with van der Waals surface area (Å²) < 4.78 is 5.80. The third kappa shape index (κ3) is 13.8. The van der Waals surface area contributed by atoms with E-state index in [9.17, 15) is 4.79 Å². The van der Waals surface area contributed by atoms with E-state index in [0.29, 0.717) is 6.42 Å². The number of hydrogen-bond donors (Lipinski definition) is 1. The van der Waals surface area contributed by atoms with Crippen LogP contribution >= 0.6 is 11.8 Å². The van der Waals surface area contributed by atoms with Crippen LogP contribution in [-0.4, -0.2) is 24.0 Å². The first-order valence-corrected chi connectivity index (χ1v) is 14.8. The highest BCUT2D eigenvalue weighted by Crippen LogP contribution is 2.22. The molecule has 1 amide bonds. The normalized spacial score (nSPS) is 13.8. The molecule has 1 N–H and O–H groups in total. The molecule has 1 aromatic rings. The second kappa shape index (κ2) is 18.9. The highest BCUT2D eigenvalue weighted by molar-refractivity contribution is 7.99. The minimum atomic E-state index is 0.124. The monoisotopic (exact) mass is 473 g/mol. The minimum absolute atomic E-state index is 0.124. The lowest BCUT2D eigenvalue weighted by molar-refractivity contribution is -0.116. The van der Waals surface area contributed by atoms with Gasteiger partial charge in [-0.05, 0) is 36.8 Å². The molecule has 4 heteroatoms. The Kier molecular flexibility index (Phi) is 16.0. The highest BCUT2D eigenvalue weighted by atomic mass is 32.2. The molecular formula is C29H47NO2S. The Hall–Kier alpha value is -1.42. The second-order valence-electron chi connectivity index (χ2n) is 9.32. The number of nitrogens with one attached hydrogen (secondary N) is 1. The number of benzene rings is 1. The van der Waals surface area contributed by atoms with E-state index >= 15 is 0 Å². The third-order valence-corrected chi connectivity index (χ3v) is 7.19. The van der Waals surface area contributed by atoms with Crippen LogP contribution in [0.4, 0.5) is 5.69 Å². The Morgan fingerprint density at radius 2 is 1.36 bits per heavy atom. The Balaban J connectivity index is 1.42. The van der Waals surface area contributed by atoms with Gasteiger partial charge in [0.05, 0.1) is 6.61 Å². The van der Waals surface area contributed by atoms with E-state index in [4.69, 9.17) is 4.74 Å². The molecule has 0 aliphatic carbocycles. The van der Waals surface area contributed by atoms with Gasteiger partial charge in [0.2, 0.25) is 5.91 Å². The molecule has 2 rings (SSSR count). The lowest BCUT2D eigenvalue weighted by Crippen LogP contribution is -2.11. The van der Waals surface area contributed by atoms with Crippen molar-refractivity contribution in [3.63, 3.8) is 0 Å².